The predicted molar refractivity (Wildman–Crippen MR) is 167 cm³/mol. The van der Waals surface area contributed by atoms with Crippen LogP contribution in [0.2, 0.25) is 0 Å². The van der Waals surface area contributed by atoms with Gasteiger partial charge in [-0.25, -0.2) is 10.2 Å². The van der Waals surface area contributed by atoms with Crippen molar-refractivity contribution < 1.29 is 33.4 Å². The smallest absolute Gasteiger partial charge is 0.404 e. The van der Waals surface area contributed by atoms with Crippen LogP contribution in [0.15, 0.2) is 27.6 Å². The summed E-state index contributed by atoms with van der Waals surface area (Å²) in [6.07, 6.45) is 0.954. The first-order valence-electron chi connectivity index (χ1n) is 14.7. The minimum Gasteiger partial charge on any atom is -0.449 e. The van der Waals surface area contributed by atoms with Crippen molar-refractivity contribution in [2.45, 2.75) is 64.3 Å². The summed E-state index contributed by atoms with van der Waals surface area (Å²) >= 11 is 0. The molecule has 3 aliphatic heterocycles. The molecule has 16 heteroatoms. The maximum atomic E-state index is 13.8. The summed E-state index contributed by atoms with van der Waals surface area (Å²) in [5.41, 5.74) is 8.60. The first-order chi connectivity index (χ1) is 21.1. The molecule has 44 heavy (non-hydrogen) atoms. The molecular weight excluding hydrogens is 610 g/mol. The summed E-state index contributed by atoms with van der Waals surface area (Å²) < 4.78 is 11.1. The molecule has 4 atom stereocenters. The van der Waals surface area contributed by atoms with Crippen molar-refractivity contribution in [2.24, 2.45) is 16.8 Å². The molecule has 1 aliphatic carbocycles. The van der Waals surface area contributed by atoms with E-state index < -0.39 is 17.7 Å². The SMILES string of the molecule is CCCC(=O)N/N=C(\C)CCC(=O)NCCSSCCNC1=C(C)C(=O)C2=C(C1=O)C(COC(N)=O)[C@@]1(OC)C3NC3CN21. The van der Waals surface area contributed by atoms with Crippen molar-refractivity contribution in [3.05, 3.63) is 22.5 Å². The molecular formula is C28H41N7O7S2. The average molecular weight is 652 g/mol. The zero-order valence-corrected chi connectivity index (χ0v) is 27.1. The topological polar surface area (TPSA) is 203 Å². The van der Waals surface area contributed by atoms with Crippen LogP contribution in [0.1, 0.15) is 46.5 Å². The van der Waals surface area contributed by atoms with E-state index in [1.54, 1.807) is 35.4 Å². The van der Waals surface area contributed by atoms with Gasteiger partial charge in [-0.1, -0.05) is 28.5 Å². The maximum Gasteiger partial charge on any atom is 0.404 e. The predicted octanol–water partition coefficient (Wildman–Crippen LogP) is 0.550. The Hall–Kier alpha value is -3.08. The van der Waals surface area contributed by atoms with Crippen LogP contribution in [0, 0.1) is 5.92 Å². The second-order valence-corrected chi connectivity index (χ2v) is 13.7. The number of hydrazone groups is 1. The largest absolute Gasteiger partial charge is 0.449 e. The minimum atomic E-state index is -1.01. The number of nitrogens with one attached hydrogen (secondary N) is 4. The van der Waals surface area contributed by atoms with Gasteiger partial charge in [-0.15, -0.1) is 0 Å². The number of carbonyl (C=O) groups is 5. The third kappa shape index (κ3) is 7.08. The number of fused-ring (bicyclic) bond motifs is 4. The third-order valence-corrected chi connectivity index (χ3v) is 10.5. The fraction of sp³-hybridized carbons (Fsp3) is 0.643. The Morgan fingerprint density at radius 3 is 2.52 bits per heavy atom. The van der Waals surface area contributed by atoms with E-state index >= 15 is 0 Å². The van der Waals surface area contributed by atoms with Gasteiger partial charge in [0, 0.05) is 74.0 Å². The van der Waals surface area contributed by atoms with E-state index in [1.807, 2.05) is 11.8 Å². The van der Waals surface area contributed by atoms with Crippen molar-refractivity contribution in [1.82, 2.24) is 26.3 Å². The number of methoxy groups -OCH3 is 1. The van der Waals surface area contributed by atoms with Crippen LogP contribution in [0.25, 0.3) is 0 Å². The highest BCUT2D eigenvalue weighted by molar-refractivity contribution is 8.76. The molecule has 6 N–H and O–H groups in total. The number of hydrogen-bond donors (Lipinski definition) is 5. The van der Waals surface area contributed by atoms with Gasteiger partial charge in [-0.3, -0.25) is 19.2 Å². The highest BCUT2D eigenvalue weighted by Gasteiger charge is 2.72. The first kappa shape index (κ1) is 33.8. The lowest BCUT2D eigenvalue weighted by molar-refractivity contribution is -0.137. The molecule has 0 bridgehead atoms. The maximum absolute atomic E-state index is 13.8. The average Bonchev–Trinajstić information content (AvgIpc) is 3.60. The Balaban J connectivity index is 1.20. The Bertz CT molecular complexity index is 1290. The summed E-state index contributed by atoms with van der Waals surface area (Å²) in [4.78, 5) is 64.3. The minimum absolute atomic E-state index is 0.0848. The molecule has 4 rings (SSSR count). The van der Waals surface area contributed by atoms with E-state index in [-0.39, 0.29) is 54.2 Å². The second-order valence-electron chi connectivity index (χ2n) is 11.0. The number of rotatable bonds is 17. The summed E-state index contributed by atoms with van der Waals surface area (Å²) in [6.45, 7) is 6.62. The third-order valence-electron chi connectivity index (χ3n) is 8.07. The number of carbonyl (C=O) groups excluding carboxylic acids is 5. The lowest BCUT2D eigenvalue weighted by atomic mass is 9.82. The van der Waals surface area contributed by atoms with E-state index in [4.69, 9.17) is 15.2 Å². The van der Waals surface area contributed by atoms with Gasteiger partial charge < -0.3 is 36.1 Å². The molecule has 0 aromatic carbocycles. The van der Waals surface area contributed by atoms with Gasteiger partial charge in [-0.2, -0.15) is 5.10 Å². The fourth-order valence-corrected chi connectivity index (χ4v) is 7.76. The lowest BCUT2D eigenvalue weighted by Crippen LogP contribution is -2.55. The molecule has 3 unspecified atom stereocenters. The van der Waals surface area contributed by atoms with Crippen LogP contribution in [0.4, 0.5) is 4.79 Å². The molecule has 4 aliphatic rings. The molecule has 2 saturated heterocycles. The van der Waals surface area contributed by atoms with Crippen LogP contribution in [-0.4, -0.2) is 103 Å². The van der Waals surface area contributed by atoms with Crippen molar-refractivity contribution in [3.8, 4) is 0 Å². The van der Waals surface area contributed by atoms with Crippen molar-refractivity contribution in [2.75, 3.05) is 44.9 Å². The van der Waals surface area contributed by atoms with Gasteiger partial charge in [0.1, 0.15) is 6.61 Å². The number of amides is 3. The van der Waals surface area contributed by atoms with Gasteiger partial charge in [0.05, 0.1) is 23.4 Å². The molecule has 242 valence electrons. The van der Waals surface area contributed by atoms with Gasteiger partial charge >= 0.3 is 6.09 Å². The number of ether oxygens (including phenoxy) is 2. The normalized spacial score (nSPS) is 25.5. The molecule has 0 aromatic rings. The first-order valence-corrected chi connectivity index (χ1v) is 17.2. The highest BCUT2D eigenvalue weighted by atomic mass is 33.1. The Kier molecular flexibility index (Phi) is 11.4. The lowest BCUT2D eigenvalue weighted by Gasteiger charge is -2.39. The standard InChI is InChI=1S/C28H41N7O7S2/c1-5-6-20(37)34-33-15(2)7-8-19(36)30-9-11-43-44-12-10-31-22-16(3)24(38)23-21(25(22)39)17(14-42-27(29)40)28(41-4)26-18(32-26)13-35(23)28/h17-18,26,31-32H,5-14H2,1-4H3,(H2,29,40)(H,30,36)(H,34,37)/b33-15+/t17?,18?,26?,28-/m1/s1. The van der Waals surface area contributed by atoms with Gasteiger partial charge in [0.25, 0.3) is 0 Å². The summed E-state index contributed by atoms with van der Waals surface area (Å²) in [7, 11) is 4.71. The van der Waals surface area contributed by atoms with E-state index in [9.17, 15) is 24.0 Å². The van der Waals surface area contributed by atoms with E-state index in [0.717, 1.165) is 6.42 Å². The van der Waals surface area contributed by atoms with Crippen molar-refractivity contribution in [3.63, 3.8) is 0 Å². The van der Waals surface area contributed by atoms with E-state index in [1.165, 1.54) is 7.11 Å². The van der Waals surface area contributed by atoms with Crippen LogP contribution >= 0.6 is 21.6 Å². The quantitative estimate of drug-likeness (QED) is 0.0366. The van der Waals surface area contributed by atoms with E-state index in [0.29, 0.717) is 66.5 Å². The Labute approximate surface area is 264 Å². The molecule has 3 amide bonds. The van der Waals surface area contributed by atoms with Gasteiger partial charge in [-0.05, 0) is 26.7 Å². The molecule has 14 nitrogen and oxygen atoms in total. The van der Waals surface area contributed by atoms with Crippen LogP contribution < -0.4 is 27.1 Å². The molecule has 0 saturated carbocycles. The highest BCUT2D eigenvalue weighted by Crippen LogP contribution is 2.55. The van der Waals surface area contributed by atoms with Crippen molar-refractivity contribution in [1.29, 1.82) is 0 Å². The number of nitrogens with two attached hydrogens (primary N) is 1. The summed E-state index contributed by atoms with van der Waals surface area (Å²) in [5, 5.41) is 13.4. The number of hydrogen-bond acceptors (Lipinski definition) is 13. The number of ketones is 2. The van der Waals surface area contributed by atoms with Crippen LogP contribution in [0.3, 0.4) is 0 Å². The zero-order valence-electron chi connectivity index (χ0n) is 25.4. The molecule has 3 heterocycles. The van der Waals surface area contributed by atoms with Gasteiger partial charge in [0.15, 0.2) is 5.72 Å². The van der Waals surface area contributed by atoms with Crippen LogP contribution in [-0.2, 0) is 28.7 Å². The fourth-order valence-electron chi connectivity index (χ4n) is 5.95. The second kappa shape index (κ2) is 14.8. The van der Waals surface area contributed by atoms with E-state index in [2.05, 4.69) is 26.5 Å². The molecule has 0 spiro atoms. The van der Waals surface area contributed by atoms with Gasteiger partial charge in [0.2, 0.25) is 23.4 Å². The molecule has 0 radical (unpaired) electrons. The Morgan fingerprint density at radius 1 is 1.11 bits per heavy atom. The Morgan fingerprint density at radius 2 is 1.84 bits per heavy atom. The summed E-state index contributed by atoms with van der Waals surface area (Å²) in [6, 6.07) is 0.0293. The number of primary amides is 1. The monoisotopic (exact) mass is 651 g/mol. The summed E-state index contributed by atoms with van der Waals surface area (Å²) in [5.74, 6) is -0.101. The van der Waals surface area contributed by atoms with Crippen molar-refractivity contribution >= 4 is 56.8 Å². The number of piperazine rings is 1. The zero-order chi connectivity index (χ0) is 32.0. The molecule has 2 fully saturated rings. The number of Topliss-reactive ketones (excluding diaryl/α,β-unsaturated/α-hetero) is 2. The number of nitrogens with zero attached hydrogens (tertiary/aromatic N) is 2. The van der Waals surface area contributed by atoms with Crippen LogP contribution in [0.5, 0.6) is 0 Å². The number of allylic oxidation sites excluding steroid dienone is 2. The molecule has 0 aromatic heterocycles.